The average molecular weight is 240 g/mol. The molecule has 96 valence electrons. The third-order valence-electron chi connectivity index (χ3n) is 2.74. The Hall–Kier alpha value is -0.930. The van der Waals surface area contributed by atoms with Crippen molar-refractivity contribution < 1.29 is 14.2 Å². The van der Waals surface area contributed by atoms with Gasteiger partial charge in [-0.25, -0.2) is 4.39 Å². The summed E-state index contributed by atoms with van der Waals surface area (Å²) < 4.78 is 18.3. The summed E-state index contributed by atoms with van der Waals surface area (Å²) in [7, 11) is 0. The topological polar surface area (TPSA) is 29.5 Å². The molecule has 0 saturated heterocycles. The van der Waals surface area contributed by atoms with E-state index in [4.69, 9.17) is 4.74 Å². The fraction of sp³-hybridized carbons (Fsp3) is 0.571. The summed E-state index contributed by atoms with van der Waals surface area (Å²) in [6.07, 6.45) is 1.67. The normalized spacial score (nSPS) is 14.6. The molecular weight excluding hydrogens is 219 g/mol. The quantitative estimate of drug-likeness (QED) is 0.794. The van der Waals surface area contributed by atoms with Gasteiger partial charge in [-0.15, -0.1) is 0 Å². The molecule has 1 rings (SSSR count). The van der Waals surface area contributed by atoms with Gasteiger partial charge in [-0.1, -0.05) is 25.5 Å². The van der Waals surface area contributed by atoms with Crippen LogP contribution in [0.4, 0.5) is 4.39 Å². The Labute approximate surface area is 102 Å². The van der Waals surface area contributed by atoms with E-state index < -0.39 is 6.10 Å². The van der Waals surface area contributed by atoms with Crippen molar-refractivity contribution in [2.75, 3.05) is 6.61 Å². The molecule has 0 fully saturated rings. The van der Waals surface area contributed by atoms with Gasteiger partial charge in [0.2, 0.25) is 0 Å². The summed E-state index contributed by atoms with van der Waals surface area (Å²) >= 11 is 0. The number of halogens is 1. The Morgan fingerprint density at radius 1 is 1.24 bits per heavy atom. The van der Waals surface area contributed by atoms with E-state index in [0.717, 1.165) is 18.4 Å². The van der Waals surface area contributed by atoms with E-state index in [9.17, 15) is 9.50 Å². The van der Waals surface area contributed by atoms with E-state index in [1.54, 1.807) is 12.1 Å². The Morgan fingerprint density at radius 3 is 2.41 bits per heavy atom. The van der Waals surface area contributed by atoms with E-state index in [2.05, 4.69) is 6.92 Å². The zero-order valence-corrected chi connectivity index (χ0v) is 10.5. The van der Waals surface area contributed by atoms with Crippen molar-refractivity contribution in [2.45, 2.75) is 45.3 Å². The summed E-state index contributed by atoms with van der Waals surface area (Å²) in [5, 5.41) is 10.1. The smallest absolute Gasteiger partial charge is 0.123 e. The summed E-state index contributed by atoms with van der Waals surface area (Å²) in [5.41, 5.74) is 0.930. The van der Waals surface area contributed by atoms with Crippen molar-refractivity contribution in [3.05, 3.63) is 35.6 Å². The molecule has 17 heavy (non-hydrogen) atoms. The first-order valence-corrected chi connectivity index (χ1v) is 6.21. The van der Waals surface area contributed by atoms with Gasteiger partial charge in [0, 0.05) is 13.0 Å². The van der Waals surface area contributed by atoms with Crippen LogP contribution >= 0.6 is 0 Å². The van der Waals surface area contributed by atoms with E-state index in [-0.39, 0.29) is 11.9 Å². The van der Waals surface area contributed by atoms with Crippen LogP contribution in [-0.4, -0.2) is 23.9 Å². The summed E-state index contributed by atoms with van der Waals surface area (Å²) in [4.78, 5) is 0. The van der Waals surface area contributed by atoms with Gasteiger partial charge in [0.25, 0.3) is 0 Å². The Balaban J connectivity index is 2.55. The molecule has 0 amide bonds. The molecule has 0 bridgehead atoms. The van der Waals surface area contributed by atoms with E-state index in [1.807, 2.05) is 6.92 Å². The van der Waals surface area contributed by atoms with Crippen LogP contribution in [-0.2, 0) is 11.2 Å². The van der Waals surface area contributed by atoms with Crippen LogP contribution in [0.5, 0.6) is 0 Å². The van der Waals surface area contributed by atoms with Crippen molar-refractivity contribution in [1.29, 1.82) is 0 Å². The lowest BCUT2D eigenvalue weighted by molar-refractivity contribution is -0.0363. The molecule has 2 nitrogen and oxygen atoms in total. The van der Waals surface area contributed by atoms with Crippen LogP contribution in [0.2, 0.25) is 0 Å². The molecule has 0 aliphatic carbocycles. The molecule has 0 saturated carbocycles. The number of hydrogen-bond acceptors (Lipinski definition) is 2. The molecular formula is C14H21FO2. The SMILES string of the molecule is CCCC(OCC)C(O)Cc1ccc(F)cc1. The van der Waals surface area contributed by atoms with Crippen LogP contribution in [0, 0.1) is 5.82 Å². The van der Waals surface area contributed by atoms with Gasteiger partial charge in [0.1, 0.15) is 5.82 Å². The van der Waals surface area contributed by atoms with E-state index in [0.29, 0.717) is 13.0 Å². The lowest BCUT2D eigenvalue weighted by atomic mass is 10.0. The zero-order valence-electron chi connectivity index (χ0n) is 10.5. The van der Waals surface area contributed by atoms with Crippen molar-refractivity contribution >= 4 is 0 Å². The predicted octanol–water partition coefficient (Wildman–Crippen LogP) is 2.93. The highest BCUT2D eigenvalue weighted by Crippen LogP contribution is 2.13. The first-order valence-electron chi connectivity index (χ1n) is 6.21. The van der Waals surface area contributed by atoms with Crippen molar-refractivity contribution in [3.8, 4) is 0 Å². The van der Waals surface area contributed by atoms with Crippen molar-refractivity contribution in [3.63, 3.8) is 0 Å². The summed E-state index contributed by atoms with van der Waals surface area (Å²) in [6, 6.07) is 6.23. The molecule has 2 atom stereocenters. The monoisotopic (exact) mass is 240 g/mol. The predicted molar refractivity (Wildman–Crippen MR) is 66.4 cm³/mol. The number of benzene rings is 1. The first kappa shape index (κ1) is 14.1. The van der Waals surface area contributed by atoms with Gasteiger partial charge in [0.05, 0.1) is 12.2 Å². The minimum atomic E-state index is -0.527. The third-order valence-corrected chi connectivity index (χ3v) is 2.74. The molecule has 0 aliphatic rings. The first-order chi connectivity index (χ1) is 8.17. The lowest BCUT2D eigenvalue weighted by Gasteiger charge is -2.22. The second-order valence-corrected chi connectivity index (χ2v) is 4.18. The summed E-state index contributed by atoms with van der Waals surface area (Å²) in [6.45, 7) is 4.59. The Kier molecular flexibility index (Phi) is 6.16. The molecule has 3 heteroatoms. The van der Waals surface area contributed by atoms with Gasteiger partial charge in [0.15, 0.2) is 0 Å². The average Bonchev–Trinajstić information content (AvgIpc) is 2.32. The van der Waals surface area contributed by atoms with E-state index >= 15 is 0 Å². The molecule has 1 aromatic rings. The molecule has 0 heterocycles. The number of rotatable bonds is 7. The highest BCUT2D eigenvalue weighted by atomic mass is 19.1. The van der Waals surface area contributed by atoms with Crippen molar-refractivity contribution in [1.82, 2.24) is 0 Å². The molecule has 1 aromatic carbocycles. The van der Waals surface area contributed by atoms with E-state index in [1.165, 1.54) is 12.1 Å². The molecule has 0 radical (unpaired) electrons. The standard InChI is InChI=1S/C14H21FO2/c1-3-5-14(17-4-2)13(16)10-11-6-8-12(15)9-7-11/h6-9,13-14,16H,3-5,10H2,1-2H3. The maximum Gasteiger partial charge on any atom is 0.123 e. The Bertz CT molecular complexity index is 305. The largest absolute Gasteiger partial charge is 0.390 e. The molecule has 0 aliphatic heterocycles. The van der Waals surface area contributed by atoms with Crippen LogP contribution in [0.25, 0.3) is 0 Å². The maximum absolute atomic E-state index is 12.7. The minimum absolute atomic E-state index is 0.130. The van der Waals surface area contributed by atoms with Gasteiger partial charge in [-0.05, 0) is 31.0 Å². The minimum Gasteiger partial charge on any atom is -0.390 e. The second-order valence-electron chi connectivity index (χ2n) is 4.18. The van der Waals surface area contributed by atoms with Crippen LogP contribution in [0.3, 0.4) is 0 Å². The van der Waals surface area contributed by atoms with Crippen molar-refractivity contribution in [2.24, 2.45) is 0 Å². The summed E-state index contributed by atoms with van der Waals surface area (Å²) in [5.74, 6) is -0.252. The number of aliphatic hydroxyl groups is 1. The fourth-order valence-corrected chi connectivity index (χ4v) is 1.88. The van der Waals surface area contributed by atoms with Gasteiger partial charge >= 0.3 is 0 Å². The molecule has 0 spiro atoms. The highest BCUT2D eigenvalue weighted by molar-refractivity contribution is 5.17. The van der Waals surface area contributed by atoms with Gasteiger partial charge < -0.3 is 9.84 Å². The van der Waals surface area contributed by atoms with Crippen LogP contribution < -0.4 is 0 Å². The molecule has 1 N–H and O–H groups in total. The second kappa shape index (κ2) is 7.41. The zero-order chi connectivity index (χ0) is 12.7. The molecule has 2 unspecified atom stereocenters. The van der Waals surface area contributed by atoms with Gasteiger partial charge in [-0.2, -0.15) is 0 Å². The number of ether oxygens (including phenoxy) is 1. The number of hydrogen-bond donors (Lipinski definition) is 1. The fourth-order valence-electron chi connectivity index (χ4n) is 1.88. The Morgan fingerprint density at radius 2 is 1.88 bits per heavy atom. The van der Waals surface area contributed by atoms with Crippen LogP contribution in [0.1, 0.15) is 32.3 Å². The highest BCUT2D eigenvalue weighted by Gasteiger charge is 2.18. The maximum atomic E-state index is 12.7. The lowest BCUT2D eigenvalue weighted by Crippen LogP contribution is -2.30. The molecule has 0 aromatic heterocycles. The van der Waals surface area contributed by atoms with Crippen LogP contribution in [0.15, 0.2) is 24.3 Å². The number of aliphatic hydroxyl groups excluding tert-OH is 1. The third kappa shape index (κ3) is 4.84. The van der Waals surface area contributed by atoms with Gasteiger partial charge in [-0.3, -0.25) is 0 Å².